The third-order valence-corrected chi connectivity index (χ3v) is 4.78. The molecule has 0 amide bonds. The molecule has 0 N–H and O–H groups in total. The van der Waals surface area contributed by atoms with E-state index in [2.05, 4.69) is 27.1 Å². The lowest BCUT2D eigenvalue weighted by Crippen LogP contribution is -2.15. The molecule has 5 heteroatoms. The largest absolute Gasteiger partial charge is 0.496 e. The molecule has 0 spiro atoms. The molecule has 4 nitrogen and oxygen atoms in total. The van der Waals surface area contributed by atoms with Crippen LogP contribution in [0.2, 0.25) is 0 Å². The summed E-state index contributed by atoms with van der Waals surface area (Å²) in [6, 6.07) is 8.56. The van der Waals surface area contributed by atoms with Crippen molar-refractivity contribution in [3.05, 3.63) is 24.3 Å². The molecule has 0 radical (unpaired) electrons. The molecular formula is C16H21N3OS. The van der Waals surface area contributed by atoms with Crippen LogP contribution in [0.25, 0.3) is 11.4 Å². The summed E-state index contributed by atoms with van der Waals surface area (Å²) in [5.41, 5.74) is 1.03. The van der Waals surface area contributed by atoms with Gasteiger partial charge in [-0.3, -0.25) is 4.57 Å². The van der Waals surface area contributed by atoms with E-state index in [9.17, 15) is 0 Å². The Kier molecular flexibility index (Phi) is 4.48. The van der Waals surface area contributed by atoms with E-state index in [0.717, 1.165) is 22.3 Å². The van der Waals surface area contributed by atoms with Crippen LogP contribution < -0.4 is 4.74 Å². The van der Waals surface area contributed by atoms with E-state index < -0.39 is 0 Å². The van der Waals surface area contributed by atoms with Crippen molar-refractivity contribution in [3.63, 3.8) is 0 Å². The molecule has 1 aliphatic rings. The molecule has 112 valence electrons. The quantitative estimate of drug-likeness (QED) is 0.794. The molecule has 1 fully saturated rings. The van der Waals surface area contributed by atoms with Gasteiger partial charge in [0.2, 0.25) is 0 Å². The lowest BCUT2D eigenvalue weighted by atomic mass is 9.95. The number of nitrogens with zero attached hydrogens (tertiary/aromatic N) is 3. The number of hydrogen-bond acceptors (Lipinski definition) is 4. The van der Waals surface area contributed by atoms with Crippen LogP contribution in [0.1, 0.15) is 38.1 Å². The van der Waals surface area contributed by atoms with Gasteiger partial charge in [0.15, 0.2) is 11.0 Å². The first-order valence-electron chi connectivity index (χ1n) is 7.47. The first-order chi connectivity index (χ1) is 10.3. The molecule has 1 heterocycles. The van der Waals surface area contributed by atoms with Crippen molar-refractivity contribution in [1.29, 1.82) is 0 Å². The van der Waals surface area contributed by atoms with Gasteiger partial charge in [-0.25, -0.2) is 0 Å². The second kappa shape index (κ2) is 6.52. The van der Waals surface area contributed by atoms with Gasteiger partial charge in [0.1, 0.15) is 5.75 Å². The zero-order chi connectivity index (χ0) is 14.7. The summed E-state index contributed by atoms with van der Waals surface area (Å²) in [6.45, 7) is 0. The van der Waals surface area contributed by atoms with Crippen LogP contribution >= 0.6 is 11.8 Å². The average Bonchev–Trinajstić information content (AvgIpc) is 2.99. The van der Waals surface area contributed by atoms with E-state index in [1.807, 2.05) is 18.2 Å². The standard InChI is InChI=1S/C16H21N3OS/c1-20-14-11-7-6-10-13(14)15-17-18-16(21-2)19(15)12-8-4-3-5-9-12/h6-7,10-12H,3-5,8-9H2,1-2H3. The Balaban J connectivity index is 2.08. The summed E-state index contributed by atoms with van der Waals surface area (Å²) in [4.78, 5) is 0. The molecule has 0 bridgehead atoms. The van der Waals surface area contributed by atoms with Crippen LogP contribution in [-0.2, 0) is 0 Å². The fourth-order valence-corrected chi connectivity index (χ4v) is 3.65. The summed E-state index contributed by atoms with van der Waals surface area (Å²) in [6.07, 6.45) is 8.43. The van der Waals surface area contributed by atoms with Gasteiger partial charge in [-0.1, -0.05) is 43.2 Å². The minimum Gasteiger partial charge on any atom is -0.496 e. The number of thioether (sulfide) groups is 1. The maximum Gasteiger partial charge on any atom is 0.191 e. The van der Waals surface area contributed by atoms with Gasteiger partial charge in [-0.2, -0.15) is 0 Å². The highest BCUT2D eigenvalue weighted by Crippen LogP contribution is 2.37. The first-order valence-corrected chi connectivity index (χ1v) is 8.70. The molecule has 21 heavy (non-hydrogen) atoms. The van der Waals surface area contributed by atoms with Gasteiger partial charge in [-0.15, -0.1) is 10.2 Å². The summed E-state index contributed by atoms with van der Waals surface area (Å²) in [5, 5.41) is 9.84. The minimum absolute atomic E-state index is 0.510. The number of hydrogen-bond donors (Lipinski definition) is 0. The van der Waals surface area contributed by atoms with Crippen molar-refractivity contribution in [2.45, 2.75) is 43.3 Å². The fraction of sp³-hybridized carbons (Fsp3) is 0.500. The Morgan fingerprint density at radius 1 is 1.14 bits per heavy atom. The lowest BCUT2D eigenvalue weighted by molar-refractivity contribution is 0.338. The predicted octanol–water partition coefficient (Wildman–Crippen LogP) is 4.18. The third-order valence-electron chi connectivity index (χ3n) is 4.13. The summed E-state index contributed by atoms with van der Waals surface area (Å²) >= 11 is 1.67. The lowest BCUT2D eigenvalue weighted by Gasteiger charge is -2.25. The van der Waals surface area contributed by atoms with Gasteiger partial charge in [-0.05, 0) is 31.2 Å². The molecule has 0 atom stereocenters. The number of para-hydroxylation sites is 1. The zero-order valence-corrected chi connectivity index (χ0v) is 13.4. The highest BCUT2D eigenvalue weighted by Gasteiger charge is 2.24. The smallest absolute Gasteiger partial charge is 0.191 e. The molecule has 0 unspecified atom stereocenters. The Labute approximate surface area is 129 Å². The highest BCUT2D eigenvalue weighted by molar-refractivity contribution is 7.98. The number of aromatic nitrogens is 3. The van der Waals surface area contributed by atoms with Gasteiger partial charge in [0.25, 0.3) is 0 Å². The molecule has 1 aromatic heterocycles. The van der Waals surface area contributed by atoms with Gasteiger partial charge in [0.05, 0.1) is 12.7 Å². The average molecular weight is 303 g/mol. The van der Waals surface area contributed by atoms with Crippen molar-refractivity contribution in [2.75, 3.05) is 13.4 Å². The normalized spacial score (nSPS) is 16.1. The Morgan fingerprint density at radius 2 is 1.90 bits per heavy atom. The number of benzene rings is 1. The number of rotatable bonds is 4. The second-order valence-electron chi connectivity index (χ2n) is 5.37. The van der Waals surface area contributed by atoms with Gasteiger partial charge < -0.3 is 4.74 Å². The van der Waals surface area contributed by atoms with Crippen LogP contribution in [0.5, 0.6) is 5.75 Å². The van der Waals surface area contributed by atoms with Crippen LogP contribution in [-0.4, -0.2) is 28.1 Å². The molecule has 1 aromatic carbocycles. The monoisotopic (exact) mass is 303 g/mol. The predicted molar refractivity (Wildman–Crippen MR) is 85.9 cm³/mol. The SMILES string of the molecule is COc1ccccc1-c1nnc(SC)n1C1CCCCC1. The maximum absolute atomic E-state index is 5.50. The third kappa shape index (κ3) is 2.79. The van der Waals surface area contributed by atoms with Gasteiger partial charge in [0, 0.05) is 6.04 Å². The van der Waals surface area contributed by atoms with E-state index in [1.165, 1.54) is 32.1 Å². The van der Waals surface area contributed by atoms with Crippen LogP contribution in [0.15, 0.2) is 29.4 Å². The summed E-state index contributed by atoms with van der Waals surface area (Å²) in [7, 11) is 1.70. The van der Waals surface area contributed by atoms with Crippen molar-refractivity contribution >= 4 is 11.8 Å². The molecule has 0 saturated heterocycles. The second-order valence-corrected chi connectivity index (χ2v) is 6.15. The minimum atomic E-state index is 0.510. The first kappa shape index (κ1) is 14.4. The van der Waals surface area contributed by atoms with E-state index in [1.54, 1.807) is 18.9 Å². The van der Waals surface area contributed by atoms with Crippen molar-refractivity contribution in [1.82, 2.24) is 14.8 Å². The molecule has 1 aliphatic carbocycles. The van der Waals surface area contributed by atoms with E-state index in [-0.39, 0.29) is 0 Å². The molecule has 3 rings (SSSR count). The summed E-state index contributed by atoms with van der Waals surface area (Å²) in [5.74, 6) is 1.79. The molecule has 0 aliphatic heterocycles. The van der Waals surface area contributed by atoms with Crippen molar-refractivity contribution in [2.24, 2.45) is 0 Å². The number of methoxy groups -OCH3 is 1. The zero-order valence-electron chi connectivity index (χ0n) is 12.6. The van der Waals surface area contributed by atoms with E-state index in [4.69, 9.17) is 4.74 Å². The maximum atomic E-state index is 5.50. The number of ether oxygens (including phenoxy) is 1. The van der Waals surface area contributed by atoms with Crippen molar-refractivity contribution < 1.29 is 4.74 Å². The summed E-state index contributed by atoms with van der Waals surface area (Å²) < 4.78 is 7.82. The van der Waals surface area contributed by atoms with Crippen LogP contribution in [0.3, 0.4) is 0 Å². The van der Waals surface area contributed by atoms with E-state index >= 15 is 0 Å². The Hall–Kier alpha value is -1.49. The van der Waals surface area contributed by atoms with E-state index in [0.29, 0.717) is 6.04 Å². The molecule has 1 saturated carbocycles. The van der Waals surface area contributed by atoms with Gasteiger partial charge >= 0.3 is 0 Å². The molecular weight excluding hydrogens is 282 g/mol. The molecule has 2 aromatic rings. The van der Waals surface area contributed by atoms with Crippen LogP contribution in [0.4, 0.5) is 0 Å². The van der Waals surface area contributed by atoms with Crippen LogP contribution in [0, 0.1) is 0 Å². The topological polar surface area (TPSA) is 39.9 Å². The Morgan fingerprint density at radius 3 is 2.62 bits per heavy atom. The highest BCUT2D eigenvalue weighted by atomic mass is 32.2. The fourth-order valence-electron chi connectivity index (χ4n) is 3.10. The van der Waals surface area contributed by atoms with Crippen molar-refractivity contribution in [3.8, 4) is 17.1 Å². The Bertz CT molecular complexity index is 605.